The molecule has 0 N–H and O–H groups in total. The molecule has 1 aromatic heterocycles. The van der Waals surface area contributed by atoms with Crippen molar-refractivity contribution in [2.75, 3.05) is 18.0 Å². The second-order valence-corrected chi connectivity index (χ2v) is 12.8. The summed E-state index contributed by atoms with van der Waals surface area (Å²) in [4.78, 5) is 6.32. The molecule has 0 radical (unpaired) electrons. The van der Waals surface area contributed by atoms with E-state index >= 15 is 0 Å². The van der Waals surface area contributed by atoms with Crippen LogP contribution in [0.5, 0.6) is 0 Å². The van der Waals surface area contributed by atoms with Crippen LogP contribution in [0.4, 0.5) is 5.13 Å². The first-order valence-corrected chi connectivity index (χ1v) is 13.9. The average Bonchev–Trinajstić information content (AvgIpc) is 3.22. The molecule has 0 saturated carbocycles. The number of aryl methyl sites for hydroxylation is 1. The van der Waals surface area contributed by atoms with E-state index in [1.807, 2.05) is 11.8 Å². The van der Waals surface area contributed by atoms with Crippen LogP contribution in [-0.2, 0) is 19.7 Å². The lowest BCUT2D eigenvalue weighted by Gasteiger charge is -2.25. The normalized spacial score (nSPS) is 15.2. The first kappa shape index (κ1) is 22.3. The van der Waals surface area contributed by atoms with Crippen LogP contribution < -0.4 is 4.90 Å². The Morgan fingerprint density at radius 2 is 1.39 bits per heavy atom. The molecule has 3 aromatic rings. The maximum Gasteiger partial charge on any atom is 0.226 e. The fraction of sp³-hybridized carbons (Fsp3) is 0.286. The molecule has 0 bridgehead atoms. The van der Waals surface area contributed by atoms with Crippen LogP contribution in [0.25, 0.3) is 0 Å². The molecular formula is C21H21ClN2O4S3. The van der Waals surface area contributed by atoms with Crippen molar-refractivity contribution in [1.29, 1.82) is 0 Å². The SMILES string of the molecule is Cc1ccc(S(=O)(=O)c2nc(N3CCCCC3)sc2S(=O)(=O)c2ccc(Cl)cc2)cc1. The zero-order valence-corrected chi connectivity index (χ0v) is 20.0. The summed E-state index contributed by atoms with van der Waals surface area (Å²) < 4.78 is 53.5. The molecule has 0 unspecified atom stereocenters. The molecular weight excluding hydrogens is 476 g/mol. The number of hydrogen-bond donors (Lipinski definition) is 0. The summed E-state index contributed by atoms with van der Waals surface area (Å²) in [6.07, 6.45) is 3.00. The molecule has 1 saturated heterocycles. The van der Waals surface area contributed by atoms with Gasteiger partial charge in [-0.2, -0.15) is 0 Å². The fourth-order valence-corrected chi connectivity index (χ4v) is 8.51. The van der Waals surface area contributed by atoms with Crippen LogP contribution in [0.1, 0.15) is 24.8 Å². The maximum atomic E-state index is 13.4. The third-order valence-electron chi connectivity index (χ3n) is 5.14. The largest absolute Gasteiger partial charge is 0.348 e. The molecule has 6 nitrogen and oxygen atoms in total. The minimum absolute atomic E-state index is 0.0150. The molecule has 0 aliphatic carbocycles. The van der Waals surface area contributed by atoms with Crippen molar-refractivity contribution < 1.29 is 16.8 Å². The van der Waals surface area contributed by atoms with Crippen LogP contribution in [0.2, 0.25) is 5.02 Å². The summed E-state index contributed by atoms with van der Waals surface area (Å²) in [5.41, 5.74) is 0.903. The Morgan fingerprint density at radius 3 is 2.00 bits per heavy atom. The van der Waals surface area contributed by atoms with Gasteiger partial charge in [-0.05, 0) is 62.6 Å². The van der Waals surface area contributed by atoms with Crippen LogP contribution in [0.3, 0.4) is 0 Å². The topological polar surface area (TPSA) is 84.4 Å². The number of sulfone groups is 2. The summed E-state index contributed by atoms with van der Waals surface area (Å²) in [6.45, 7) is 3.29. The molecule has 1 aliphatic rings. The van der Waals surface area contributed by atoms with E-state index in [0.717, 1.165) is 49.3 Å². The summed E-state index contributed by atoms with van der Waals surface area (Å²) in [5, 5.41) is 0.388. The van der Waals surface area contributed by atoms with Crippen molar-refractivity contribution in [1.82, 2.24) is 4.98 Å². The third-order valence-corrected chi connectivity index (χ3v) is 10.7. The Labute approximate surface area is 191 Å². The van der Waals surface area contributed by atoms with E-state index < -0.39 is 24.7 Å². The monoisotopic (exact) mass is 496 g/mol. The number of anilines is 1. The molecule has 1 fully saturated rings. The van der Waals surface area contributed by atoms with Gasteiger partial charge in [0.15, 0.2) is 14.4 Å². The van der Waals surface area contributed by atoms with E-state index in [0.29, 0.717) is 10.2 Å². The van der Waals surface area contributed by atoms with Gasteiger partial charge >= 0.3 is 0 Å². The van der Waals surface area contributed by atoms with Gasteiger partial charge in [-0.15, -0.1) is 0 Å². The minimum atomic E-state index is -4.14. The zero-order valence-electron chi connectivity index (χ0n) is 16.8. The van der Waals surface area contributed by atoms with Crippen molar-refractivity contribution in [2.45, 2.75) is 45.2 Å². The maximum absolute atomic E-state index is 13.4. The van der Waals surface area contributed by atoms with Gasteiger partial charge in [-0.1, -0.05) is 40.6 Å². The van der Waals surface area contributed by atoms with Crippen molar-refractivity contribution in [3.63, 3.8) is 0 Å². The summed E-state index contributed by atoms with van der Waals surface area (Å²) >= 11 is 6.81. The Kier molecular flexibility index (Phi) is 6.13. The van der Waals surface area contributed by atoms with E-state index in [9.17, 15) is 16.8 Å². The van der Waals surface area contributed by atoms with Gasteiger partial charge in [-0.25, -0.2) is 21.8 Å². The van der Waals surface area contributed by atoms with Crippen molar-refractivity contribution in [3.05, 3.63) is 59.1 Å². The Morgan fingerprint density at radius 1 is 0.839 bits per heavy atom. The Hall–Kier alpha value is -1.94. The first-order chi connectivity index (χ1) is 14.7. The van der Waals surface area contributed by atoms with Gasteiger partial charge in [0.1, 0.15) is 0 Å². The number of nitrogens with zero attached hydrogens (tertiary/aromatic N) is 2. The number of thiazole rings is 1. The predicted molar refractivity (Wildman–Crippen MR) is 122 cm³/mol. The standard InChI is InChI=1S/C21H21ClN2O4S3/c1-15-5-9-17(10-6-15)30(25,26)19-20(29-21(23-19)24-13-3-2-4-14-24)31(27,28)18-11-7-16(22)8-12-18/h5-12H,2-4,13-14H2,1H3. The van der Waals surface area contributed by atoms with E-state index in [1.165, 1.54) is 36.4 Å². The average molecular weight is 497 g/mol. The number of benzene rings is 2. The van der Waals surface area contributed by atoms with Gasteiger partial charge in [0.25, 0.3) is 0 Å². The Balaban J connectivity index is 1.90. The second-order valence-electron chi connectivity index (χ2n) is 7.41. The molecule has 164 valence electrons. The highest BCUT2D eigenvalue weighted by molar-refractivity contribution is 7.96. The lowest BCUT2D eigenvalue weighted by molar-refractivity contribution is 0.572. The van der Waals surface area contributed by atoms with E-state index in [4.69, 9.17) is 11.6 Å². The molecule has 31 heavy (non-hydrogen) atoms. The van der Waals surface area contributed by atoms with Gasteiger partial charge in [0.2, 0.25) is 19.7 Å². The second kappa shape index (κ2) is 8.54. The van der Waals surface area contributed by atoms with Gasteiger partial charge < -0.3 is 4.90 Å². The number of halogens is 1. The van der Waals surface area contributed by atoms with Gasteiger partial charge in [-0.3, -0.25) is 0 Å². The number of piperidine rings is 1. The quantitative estimate of drug-likeness (QED) is 0.506. The molecule has 2 heterocycles. The molecule has 2 aromatic carbocycles. The molecule has 0 atom stereocenters. The third kappa shape index (κ3) is 4.37. The van der Waals surface area contributed by atoms with Crippen molar-refractivity contribution in [2.24, 2.45) is 0 Å². The summed E-state index contributed by atoms with van der Waals surface area (Å²) in [7, 11) is -8.25. The molecule has 10 heteroatoms. The van der Waals surface area contributed by atoms with E-state index in [-0.39, 0.29) is 14.0 Å². The lowest BCUT2D eigenvalue weighted by atomic mass is 10.1. The lowest BCUT2D eigenvalue weighted by Crippen LogP contribution is -2.29. The smallest absolute Gasteiger partial charge is 0.226 e. The van der Waals surface area contributed by atoms with Crippen LogP contribution in [-0.4, -0.2) is 34.9 Å². The molecule has 4 rings (SSSR count). The Bertz CT molecular complexity index is 1200. The van der Waals surface area contributed by atoms with Crippen molar-refractivity contribution >= 4 is 47.7 Å². The predicted octanol–water partition coefficient (Wildman–Crippen LogP) is 4.76. The van der Waals surface area contributed by atoms with Gasteiger partial charge in [0, 0.05) is 18.1 Å². The van der Waals surface area contributed by atoms with Crippen LogP contribution in [0, 0.1) is 6.92 Å². The minimum Gasteiger partial charge on any atom is -0.348 e. The van der Waals surface area contributed by atoms with E-state index in [1.54, 1.807) is 12.1 Å². The van der Waals surface area contributed by atoms with Gasteiger partial charge in [0.05, 0.1) is 9.79 Å². The fourth-order valence-electron chi connectivity index (χ4n) is 3.39. The van der Waals surface area contributed by atoms with E-state index in [2.05, 4.69) is 4.98 Å². The first-order valence-electron chi connectivity index (χ1n) is 9.78. The number of rotatable bonds is 5. The molecule has 0 amide bonds. The summed E-state index contributed by atoms with van der Waals surface area (Å²) in [5.74, 6) is 0. The highest BCUT2D eigenvalue weighted by Crippen LogP contribution is 2.39. The highest BCUT2D eigenvalue weighted by atomic mass is 35.5. The highest BCUT2D eigenvalue weighted by Gasteiger charge is 2.35. The summed E-state index contributed by atoms with van der Waals surface area (Å²) in [6, 6.07) is 12.0. The molecule has 0 spiro atoms. The van der Waals surface area contributed by atoms with Crippen LogP contribution in [0.15, 0.2) is 67.6 Å². The van der Waals surface area contributed by atoms with Crippen molar-refractivity contribution in [3.8, 4) is 0 Å². The molecule has 1 aliphatic heterocycles. The number of hydrogen-bond acceptors (Lipinski definition) is 7. The zero-order chi connectivity index (χ0) is 22.2. The number of aromatic nitrogens is 1. The van der Waals surface area contributed by atoms with Crippen LogP contribution >= 0.6 is 22.9 Å².